The summed E-state index contributed by atoms with van der Waals surface area (Å²) in [5.74, 6) is 0.755. The Morgan fingerprint density at radius 1 is 0.548 bits per heavy atom. The topological polar surface area (TPSA) is 55.4 Å². The van der Waals surface area contributed by atoms with Crippen LogP contribution >= 0.6 is 0 Å². The Kier molecular flexibility index (Phi) is 11.1. The standard InChI is InChI=1S/C35H37FO6/c1-37-30-19-17-29(18-20-30)24-39-32-31(25-38-21-26-11-5-2-6-12-26)42-35(36)34(41-23-28-15-9-4-10-16-28)33(32)40-22-27-13-7-3-8-14-27/h2-20,31-35H,21-25H2,1H3/t31-,32-,33+,34-,35-/m1/s1. The van der Waals surface area contributed by atoms with Crippen molar-refractivity contribution in [2.75, 3.05) is 13.7 Å². The summed E-state index contributed by atoms with van der Waals surface area (Å²) in [7, 11) is 1.63. The van der Waals surface area contributed by atoms with Crippen molar-refractivity contribution < 1.29 is 32.8 Å². The van der Waals surface area contributed by atoms with Crippen LogP contribution in [0.4, 0.5) is 4.39 Å². The number of rotatable bonds is 14. The minimum atomic E-state index is -1.74. The normalized spacial score (nSPS) is 22.1. The van der Waals surface area contributed by atoms with Gasteiger partial charge in [0.2, 0.25) is 6.36 Å². The van der Waals surface area contributed by atoms with Gasteiger partial charge in [-0.3, -0.25) is 0 Å². The number of methoxy groups -OCH3 is 1. The van der Waals surface area contributed by atoms with Crippen molar-refractivity contribution in [1.82, 2.24) is 0 Å². The van der Waals surface area contributed by atoms with E-state index in [9.17, 15) is 0 Å². The minimum Gasteiger partial charge on any atom is -0.497 e. The van der Waals surface area contributed by atoms with Gasteiger partial charge >= 0.3 is 0 Å². The maximum atomic E-state index is 15.8. The predicted molar refractivity (Wildman–Crippen MR) is 157 cm³/mol. The Morgan fingerprint density at radius 3 is 1.52 bits per heavy atom. The highest BCUT2D eigenvalue weighted by atomic mass is 19.1. The fourth-order valence-electron chi connectivity index (χ4n) is 4.88. The van der Waals surface area contributed by atoms with E-state index in [0.717, 1.165) is 28.0 Å². The van der Waals surface area contributed by atoms with Crippen LogP contribution in [-0.4, -0.2) is 44.5 Å². The highest BCUT2D eigenvalue weighted by Crippen LogP contribution is 2.31. The Bertz CT molecular complexity index is 1310. The van der Waals surface area contributed by atoms with E-state index in [-0.39, 0.29) is 26.4 Å². The van der Waals surface area contributed by atoms with Crippen LogP contribution < -0.4 is 4.74 Å². The molecule has 0 unspecified atom stereocenters. The quantitative estimate of drug-likeness (QED) is 0.168. The van der Waals surface area contributed by atoms with E-state index in [1.807, 2.05) is 115 Å². The van der Waals surface area contributed by atoms with Gasteiger partial charge in [-0.2, -0.15) is 0 Å². The predicted octanol–water partition coefficient (Wildman–Crippen LogP) is 6.66. The van der Waals surface area contributed by atoms with E-state index in [1.165, 1.54) is 0 Å². The van der Waals surface area contributed by atoms with Crippen molar-refractivity contribution in [3.05, 3.63) is 138 Å². The summed E-state index contributed by atoms with van der Waals surface area (Å²) >= 11 is 0. The number of alkyl halides is 1. The molecule has 0 aromatic heterocycles. The molecule has 4 aromatic rings. The highest BCUT2D eigenvalue weighted by Gasteiger charge is 2.48. The Labute approximate surface area is 246 Å². The zero-order chi connectivity index (χ0) is 29.0. The summed E-state index contributed by atoms with van der Waals surface area (Å²) < 4.78 is 52.0. The van der Waals surface area contributed by atoms with Crippen LogP contribution in [-0.2, 0) is 50.1 Å². The summed E-state index contributed by atoms with van der Waals surface area (Å²) in [6, 6.07) is 36.9. The molecule has 7 heteroatoms. The van der Waals surface area contributed by atoms with Gasteiger partial charge in [0.25, 0.3) is 0 Å². The molecule has 0 radical (unpaired) electrons. The molecule has 1 saturated heterocycles. The van der Waals surface area contributed by atoms with E-state index < -0.39 is 30.8 Å². The number of halogens is 1. The van der Waals surface area contributed by atoms with Crippen molar-refractivity contribution in [3.8, 4) is 5.75 Å². The van der Waals surface area contributed by atoms with Crippen LogP contribution in [0.3, 0.4) is 0 Å². The van der Waals surface area contributed by atoms with Gasteiger partial charge in [-0.1, -0.05) is 103 Å². The third-order valence-electron chi connectivity index (χ3n) is 7.14. The van der Waals surface area contributed by atoms with Crippen LogP contribution in [0, 0.1) is 0 Å². The van der Waals surface area contributed by atoms with Crippen molar-refractivity contribution in [2.45, 2.75) is 57.2 Å². The molecule has 0 saturated carbocycles. The van der Waals surface area contributed by atoms with Gasteiger partial charge in [0.05, 0.1) is 40.1 Å². The first-order valence-corrected chi connectivity index (χ1v) is 14.2. The summed E-state index contributed by atoms with van der Waals surface area (Å²) in [4.78, 5) is 0. The lowest BCUT2D eigenvalue weighted by Gasteiger charge is -2.43. The van der Waals surface area contributed by atoms with E-state index in [4.69, 9.17) is 28.4 Å². The van der Waals surface area contributed by atoms with E-state index in [0.29, 0.717) is 6.61 Å². The summed E-state index contributed by atoms with van der Waals surface area (Å²) in [5.41, 5.74) is 3.84. The molecule has 5 atom stereocenters. The molecule has 1 heterocycles. The van der Waals surface area contributed by atoms with Crippen LogP contribution in [0.15, 0.2) is 115 Å². The van der Waals surface area contributed by atoms with Gasteiger partial charge in [-0.15, -0.1) is 0 Å². The Morgan fingerprint density at radius 2 is 1.00 bits per heavy atom. The van der Waals surface area contributed by atoms with Crippen molar-refractivity contribution in [3.63, 3.8) is 0 Å². The number of benzene rings is 4. The monoisotopic (exact) mass is 572 g/mol. The Balaban J connectivity index is 1.36. The largest absolute Gasteiger partial charge is 0.497 e. The maximum Gasteiger partial charge on any atom is 0.228 e. The van der Waals surface area contributed by atoms with Gasteiger partial charge in [-0.05, 0) is 34.4 Å². The molecule has 5 rings (SSSR count). The van der Waals surface area contributed by atoms with Crippen molar-refractivity contribution >= 4 is 0 Å². The zero-order valence-corrected chi connectivity index (χ0v) is 23.7. The molecule has 0 N–H and O–H groups in total. The van der Waals surface area contributed by atoms with Gasteiger partial charge < -0.3 is 28.4 Å². The lowest BCUT2D eigenvalue weighted by Crippen LogP contribution is -2.60. The maximum absolute atomic E-state index is 15.8. The lowest BCUT2D eigenvalue weighted by molar-refractivity contribution is -0.298. The number of ether oxygens (including phenoxy) is 6. The zero-order valence-electron chi connectivity index (χ0n) is 23.7. The molecule has 0 amide bonds. The lowest BCUT2D eigenvalue weighted by atomic mass is 9.98. The molecule has 1 aliphatic rings. The fourth-order valence-corrected chi connectivity index (χ4v) is 4.88. The van der Waals surface area contributed by atoms with Crippen LogP contribution in [0.1, 0.15) is 22.3 Å². The van der Waals surface area contributed by atoms with Gasteiger partial charge in [0.1, 0.15) is 30.2 Å². The molecule has 42 heavy (non-hydrogen) atoms. The molecular formula is C35H37FO6. The highest BCUT2D eigenvalue weighted by molar-refractivity contribution is 5.26. The molecule has 220 valence electrons. The second-order valence-electron chi connectivity index (χ2n) is 10.2. The summed E-state index contributed by atoms with van der Waals surface area (Å²) in [6.07, 6.45) is -4.90. The van der Waals surface area contributed by atoms with E-state index >= 15 is 4.39 Å². The third-order valence-corrected chi connectivity index (χ3v) is 7.14. The van der Waals surface area contributed by atoms with E-state index in [2.05, 4.69) is 0 Å². The van der Waals surface area contributed by atoms with Crippen LogP contribution in [0.25, 0.3) is 0 Å². The Hall–Kier alpha value is -3.59. The fraction of sp³-hybridized carbons (Fsp3) is 0.314. The molecule has 1 fully saturated rings. The first kappa shape index (κ1) is 29.9. The van der Waals surface area contributed by atoms with Gasteiger partial charge in [-0.25, -0.2) is 4.39 Å². The van der Waals surface area contributed by atoms with E-state index in [1.54, 1.807) is 7.11 Å². The molecule has 0 spiro atoms. The molecule has 4 aromatic carbocycles. The second-order valence-corrected chi connectivity index (χ2v) is 10.2. The molecule has 0 aliphatic carbocycles. The average Bonchev–Trinajstić information content (AvgIpc) is 3.04. The SMILES string of the molecule is COc1ccc(CO[C@H]2[C@H](OCc3ccccc3)[C@@H](OCc3ccccc3)[C@H](F)O[C@@H]2COCc2ccccc2)cc1. The molecular weight excluding hydrogens is 535 g/mol. The van der Waals surface area contributed by atoms with Crippen LogP contribution in [0.2, 0.25) is 0 Å². The van der Waals surface area contributed by atoms with Gasteiger partial charge in [0.15, 0.2) is 0 Å². The summed E-state index contributed by atoms with van der Waals surface area (Å²) in [5, 5.41) is 0. The average molecular weight is 573 g/mol. The number of hydrogen-bond acceptors (Lipinski definition) is 6. The van der Waals surface area contributed by atoms with Crippen molar-refractivity contribution in [1.29, 1.82) is 0 Å². The molecule has 1 aliphatic heterocycles. The number of hydrogen-bond donors (Lipinski definition) is 0. The molecule has 6 nitrogen and oxygen atoms in total. The third kappa shape index (κ3) is 8.47. The first-order chi connectivity index (χ1) is 20.7. The second kappa shape index (κ2) is 15.6. The van der Waals surface area contributed by atoms with Gasteiger partial charge in [0, 0.05) is 0 Å². The summed E-state index contributed by atoms with van der Waals surface area (Å²) in [6.45, 7) is 1.23. The smallest absolute Gasteiger partial charge is 0.228 e. The van der Waals surface area contributed by atoms with Crippen molar-refractivity contribution in [2.24, 2.45) is 0 Å². The first-order valence-electron chi connectivity index (χ1n) is 14.2. The molecule has 0 bridgehead atoms. The van der Waals surface area contributed by atoms with Crippen LogP contribution in [0.5, 0.6) is 5.75 Å². The minimum absolute atomic E-state index is 0.124.